The number of hydrogen-bond donors (Lipinski definition) is 2. The van der Waals surface area contributed by atoms with Gasteiger partial charge in [0.2, 0.25) is 11.8 Å². The molecule has 2 aromatic carbocycles. The Balaban J connectivity index is 1.45. The molecule has 0 unspecified atom stereocenters. The lowest BCUT2D eigenvalue weighted by Crippen LogP contribution is -2.29. The van der Waals surface area contributed by atoms with Gasteiger partial charge in [-0.25, -0.2) is 0 Å². The molecule has 1 saturated heterocycles. The Labute approximate surface area is 152 Å². The molecule has 6 heteroatoms. The first-order chi connectivity index (χ1) is 12.1. The summed E-state index contributed by atoms with van der Waals surface area (Å²) in [5, 5.41) is 6.61. The smallest absolute Gasteiger partial charge is 0.239 e. The Morgan fingerprint density at radius 1 is 1.08 bits per heavy atom. The summed E-state index contributed by atoms with van der Waals surface area (Å²) in [6.07, 6.45) is 1.53. The van der Waals surface area contributed by atoms with Crippen LogP contribution in [0.15, 0.2) is 48.5 Å². The van der Waals surface area contributed by atoms with E-state index in [-0.39, 0.29) is 18.4 Å². The Hall–Kier alpha value is -2.53. The SMILES string of the molecule is O=C(CNc1ccc(N2CCCC2=O)cc1)NCc1ccc(Cl)cc1. The first-order valence-electron chi connectivity index (χ1n) is 8.27. The van der Waals surface area contributed by atoms with Crippen molar-refractivity contribution in [3.8, 4) is 0 Å². The molecule has 0 saturated carbocycles. The molecule has 1 heterocycles. The second-order valence-corrected chi connectivity index (χ2v) is 6.39. The third-order valence-electron chi connectivity index (χ3n) is 4.11. The highest BCUT2D eigenvalue weighted by molar-refractivity contribution is 6.30. The van der Waals surface area contributed by atoms with Crippen LogP contribution in [-0.4, -0.2) is 24.9 Å². The lowest BCUT2D eigenvalue weighted by atomic mass is 10.2. The van der Waals surface area contributed by atoms with Gasteiger partial charge >= 0.3 is 0 Å². The van der Waals surface area contributed by atoms with Crippen molar-refractivity contribution in [2.24, 2.45) is 0 Å². The van der Waals surface area contributed by atoms with E-state index in [1.807, 2.05) is 36.4 Å². The van der Waals surface area contributed by atoms with E-state index in [1.165, 1.54) is 0 Å². The number of carbonyl (C=O) groups excluding carboxylic acids is 2. The fraction of sp³-hybridized carbons (Fsp3) is 0.263. The maximum absolute atomic E-state index is 11.9. The van der Waals surface area contributed by atoms with Crippen LogP contribution < -0.4 is 15.5 Å². The number of rotatable bonds is 6. The first kappa shape index (κ1) is 17.3. The van der Waals surface area contributed by atoms with Gasteiger partial charge in [-0.3, -0.25) is 9.59 Å². The minimum atomic E-state index is -0.0891. The van der Waals surface area contributed by atoms with Gasteiger partial charge < -0.3 is 15.5 Å². The molecule has 5 nitrogen and oxygen atoms in total. The zero-order valence-electron chi connectivity index (χ0n) is 13.8. The number of amides is 2. The summed E-state index contributed by atoms with van der Waals surface area (Å²) < 4.78 is 0. The highest BCUT2D eigenvalue weighted by Crippen LogP contribution is 2.22. The van der Waals surface area contributed by atoms with Crippen LogP contribution in [-0.2, 0) is 16.1 Å². The number of anilines is 2. The molecule has 1 aliphatic heterocycles. The standard InChI is InChI=1S/C19H20ClN3O2/c20-15-5-3-14(4-6-15)12-22-18(24)13-21-16-7-9-17(10-8-16)23-11-1-2-19(23)25/h3-10,21H,1-2,11-13H2,(H,22,24). The van der Waals surface area contributed by atoms with Crippen molar-refractivity contribution >= 4 is 34.8 Å². The van der Waals surface area contributed by atoms with Gasteiger partial charge in [-0.2, -0.15) is 0 Å². The number of nitrogens with zero attached hydrogens (tertiary/aromatic N) is 1. The molecular weight excluding hydrogens is 338 g/mol. The summed E-state index contributed by atoms with van der Waals surface area (Å²) in [6, 6.07) is 14.9. The van der Waals surface area contributed by atoms with Crippen LogP contribution in [0.2, 0.25) is 5.02 Å². The number of carbonyl (C=O) groups is 2. The number of halogens is 1. The molecule has 0 bridgehead atoms. The predicted molar refractivity (Wildman–Crippen MR) is 99.8 cm³/mol. The molecule has 0 radical (unpaired) electrons. The Morgan fingerprint density at radius 2 is 1.80 bits per heavy atom. The average molecular weight is 358 g/mol. The van der Waals surface area contributed by atoms with Crippen molar-refractivity contribution in [2.45, 2.75) is 19.4 Å². The molecule has 0 aromatic heterocycles. The lowest BCUT2D eigenvalue weighted by Gasteiger charge is -2.16. The largest absolute Gasteiger partial charge is 0.376 e. The van der Waals surface area contributed by atoms with E-state index in [4.69, 9.17) is 11.6 Å². The number of benzene rings is 2. The van der Waals surface area contributed by atoms with Crippen molar-refractivity contribution in [1.82, 2.24) is 5.32 Å². The van der Waals surface area contributed by atoms with Gasteiger partial charge in [-0.05, 0) is 48.4 Å². The summed E-state index contributed by atoms with van der Waals surface area (Å²) in [6.45, 7) is 1.43. The van der Waals surface area contributed by atoms with E-state index >= 15 is 0 Å². The van der Waals surface area contributed by atoms with Crippen LogP contribution in [0, 0.1) is 0 Å². The van der Waals surface area contributed by atoms with E-state index in [0.717, 1.165) is 29.9 Å². The van der Waals surface area contributed by atoms with Crippen molar-refractivity contribution < 1.29 is 9.59 Å². The fourth-order valence-electron chi connectivity index (χ4n) is 2.73. The molecule has 2 N–H and O–H groups in total. The van der Waals surface area contributed by atoms with Crippen LogP contribution >= 0.6 is 11.6 Å². The van der Waals surface area contributed by atoms with Crippen molar-refractivity contribution in [3.05, 3.63) is 59.1 Å². The van der Waals surface area contributed by atoms with Gasteiger partial charge in [0, 0.05) is 35.9 Å². The molecule has 0 spiro atoms. The third kappa shape index (κ3) is 4.73. The van der Waals surface area contributed by atoms with Gasteiger partial charge in [-0.15, -0.1) is 0 Å². The van der Waals surface area contributed by atoms with Crippen LogP contribution in [0.4, 0.5) is 11.4 Å². The Bertz CT molecular complexity index is 744. The van der Waals surface area contributed by atoms with E-state index in [9.17, 15) is 9.59 Å². The second kappa shape index (κ2) is 8.03. The zero-order chi connectivity index (χ0) is 17.6. The fourth-order valence-corrected chi connectivity index (χ4v) is 2.85. The van der Waals surface area contributed by atoms with Gasteiger partial charge in [-0.1, -0.05) is 23.7 Å². The van der Waals surface area contributed by atoms with E-state index < -0.39 is 0 Å². The minimum Gasteiger partial charge on any atom is -0.376 e. The van der Waals surface area contributed by atoms with Crippen LogP contribution in [0.1, 0.15) is 18.4 Å². The third-order valence-corrected chi connectivity index (χ3v) is 4.36. The maximum Gasteiger partial charge on any atom is 0.239 e. The van der Waals surface area contributed by atoms with Gasteiger partial charge in [0.05, 0.1) is 6.54 Å². The van der Waals surface area contributed by atoms with Crippen molar-refractivity contribution in [2.75, 3.05) is 23.3 Å². The van der Waals surface area contributed by atoms with Gasteiger partial charge in [0.25, 0.3) is 0 Å². The van der Waals surface area contributed by atoms with Gasteiger partial charge in [0.15, 0.2) is 0 Å². The van der Waals surface area contributed by atoms with E-state index in [1.54, 1.807) is 17.0 Å². The predicted octanol–water partition coefficient (Wildman–Crippen LogP) is 3.20. The van der Waals surface area contributed by atoms with Crippen molar-refractivity contribution in [1.29, 1.82) is 0 Å². The molecule has 2 amide bonds. The van der Waals surface area contributed by atoms with Crippen molar-refractivity contribution in [3.63, 3.8) is 0 Å². The molecule has 1 aliphatic rings. The highest BCUT2D eigenvalue weighted by Gasteiger charge is 2.21. The van der Waals surface area contributed by atoms with Crippen LogP contribution in [0.3, 0.4) is 0 Å². The Morgan fingerprint density at radius 3 is 2.44 bits per heavy atom. The molecule has 1 fully saturated rings. The summed E-state index contributed by atoms with van der Waals surface area (Å²) in [4.78, 5) is 25.4. The van der Waals surface area contributed by atoms with E-state index in [2.05, 4.69) is 10.6 Å². The molecule has 0 aliphatic carbocycles. The van der Waals surface area contributed by atoms with Gasteiger partial charge in [0.1, 0.15) is 0 Å². The molecule has 2 aromatic rings. The molecule has 3 rings (SSSR count). The zero-order valence-corrected chi connectivity index (χ0v) is 14.6. The van der Waals surface area contributed by atoms with E-state index in [0.29, 0.717) is 18.0 Å². The summed E-state index contributed by atoms with van der Waals surface area (Å²) >= 11 is 5.83. The second-order valence-electron chi connectivity index (χ2n) is 5.95. The molecule has 0 atom stereocenters. The van der Waals surface area contributed by atoms with Crippen LogP contribution in [0.25, 0.3) is 0 Å². The first-order valence-corrected chi connectivity index (χ1v) is 8.65. The maximum atomic E-state index is 11.9. The number of hydrogen-bond acceptors (Lipinski definition) is 3. The summed E-state index contributed by atoms with van der Waals surface area (Å²) in [5.74, 6) is 0.0797. The molecule has 130 valence electrons. The molecule has 25 heavy (non-hydrogen) atoms. The highest BCUT2D eigenvalue weighted by atomic mass is 35.5. The van der Waals surface area contributed by atoms with Crippen LogP contribution in [0.5, 0.6) is 0 Å². The Kier molecular flexibility index (Phi) is 5.56. The number of nitrogens with one attached hydrogen (secondary N) is 2. The molecular formula is C19H20ClN3O2. The monoisotopic (exact) mass is 357 g/mol. The average Bonchev–Trinajstić information content (AvgIpc) is 3.06. The lowest BCUT2D eigenvalue weighted by molar-refractivity contribution is -0.119. The summed E-state index contributed by atoms with van der Waals surface area (Å²) in [5.41, 5.74) is 2.75. The summed E-state index contributed by atoms with van der Waals surface area (Å²) in [7, 11) is 0. The topological polar surface area (TPSA) is 61.4 Å². The minimum absolute atomic E-state index is 0.0891. The normalized spacial score (nSPS) is 13.8. The quantitative estimate of drug-likeness (QED) is 0.834.